The number of nitrogens with zero attached hydrogens (tertiary/aromatic N) is 2. The summed E-state index contributed by atoms with van der Waals surface area (Å²) in [5.74, 6) is -0.403. The van der Waals surface area contributed by atoms with Gasteiger partial charge in [-0.15, -0.1) is 0 Å². The van der Waals surface area contributed by atoms with Crippen LogP contribution in [0.25, 0.3) is 0 Å². The van der Waals surface area contributed by atoms with Crippen LogP contribution in [0.15, 0.2) is 24.3 Å². The fraction of sp³-hybridized carbons (Fsp3) is 0.417. The number of nitro groups is 1. The van der Waals surface area contributed by atoms with E-state index in [2.05, 4.69) is 0 Å². The maximum atomic E-state index is 12.2. The third-order valence-corrected chi connectivity index (χ3v) is 3.07. The van der Waals surface area contributed by atoms with Crippen LogP contribution in [-0.4, -0.2) is 39.5 Å². The molecule has 1 amide bonds. The number of amides is 1. The Labute approximate surface area is 104 Å². The van der Waals surface area contributed by atoms with Gasteiger partial charge in [0.1, 0.15) is 5.56 Å². The summed E-state index contributed by atoms with van der Waals surface area (Å²) < 4.78 is 0. The van der Waals surface area contributed by atoms with Crippen molar-refractivity contribution in [2.75, 3.05) is 13.1 Å². The minimum Gasteiger partial charge on any atom is -0.388 e. The van der Waals surface area contributed by atoms with E-state index in [0.29, 0.717) is 13.0 Å². The van der Waals surface area contributed by atoms with Crippen molar-refractivity contribution in [3.63, 3.8) is 0 Å². The first-order valence-electron chi connectivity index (χ1n) is 5.66. The zero-order chi connectivity index (χ0) is 13.3. The lowest BCUT2D eigenvalue weighted by atomic mass is 10.1. The summed E-state index contributed by atoms with van der Waals surface area (Å²) in [6.07, 6.45) is 0.485. The summed E-state index contributed by atoms with van der Waals surface area (Å²) in [6.45, 7) is 2.27. The molecule has 0 bridgehead atoms. The minimum absolute atomic E-state index is 0.0696. The average molecular weight is 250 g/mol. The number of benzene rings is 1. The Hall–Kier alpha value is -1.95. The second kappa shape index (κ2) is 4.38. The molecule has 96 valence electrons. The van der Waals surface area contributed by atoms with Gasteiger partial charge in [0.15, 0.2) is 0 Å². The molecule has 1 atom stereocenters. The molecule has 18 heavy (non-hydrogen) atoms. The third kappa shape index (κ3) is 2.33. The van der Waals surface area contributed by atoms with Crippen LogP contribution >= 0.6 is 0 Å². The molecule has 2 rings (SSSR count). The fourth-order valence-electron chi connectivity index (χ4n) is 2.10. The number of aliphatic hydroxyl groups is 1. The van der Waals surface area contributed by atoms with Gasteiger partial charge in [-0.3, -0.25) is 14.9 Å². The molecule has 6 heteroatoms. The summed E-state index contributed by atoms with van der Waals surface area (Å²) in [6, 6.07) is 5.86. The van der Waals surface area contributed by atoms with E-state index in [1.54, 1.807) is 13.0 Å². The third-order valence-electron chi connectivity index (χ3n) is 3.07. The van der Waals surface area contributed by atoms with Crippen molar-refractivity contribution in [2.45, 2.75) is 18.9 Å². The van der Waals surface area contributed by atoms with Crippen molar-refractivity contribution < 1.29 is 14.8 Å². The van der Waals surface area contributed by atoms with E-state index < -0.39 is 16.4 Å². The highest BCUT2D eigenvalue weighted by atomic mass is 16.6. The van der Waals surface area contributed by atoms with Crippen LogP contribution in [0.3, 0.4) is 0 Å². The van der Waals surface area contributed by atoms with E-state index in [4.69, 9.17) is 0 Å². The van der Waals surface area contributed by atoms with E-state index in [1.807, 2.05) is 0 Å². The van der Waals surface area contributed by atoms with Gasteiger partial charge in [-0.1, -0.05) is 12.1 Å². The number of carbonyl (C=O) groups is 1. The first-order valence-corrected chi connectivity index (χ1v) is 5.66. The molecule has 1 fully saturated rings. The molecule has 6 nitrogen and oxygen atoms in total. The van der Waals surface area contributed by atoms with E-state index in [0.717, 1.165) is 0 Å². The normalized spacial score (nSPS) is 23.1. The van der Waals surface area contributed by atoms with Crippen molar-refractivity contribution in [3.05, 3.63) is 39.9 Å². The number of hydrogen-bond acceptors (Lipinski definition) is 4. The SMILES string of the molecule is CC1(O)CCN(C(=O)c2ccccc2[N+](=O)[O-])C1. The molecule has 0 spiro atoms. The molecule has 1 heterocycles. The van der Waals surface area contributed by atoms with Crippen molar-refractivity contribution in [3.8, 4) is 0 Å². The summed E-state index contributed by atoms with van der Waals surface area (Å²) in [5.41, 5.74) is -1.03. The molecular formula is C12H14N2O4. The van der Waals surface area contributed by atoms with Crippen molar-refractivity contribution in [1.29, 1.82) is 0 Å². The molecule has 0 saturated carbocycles. The quantitative estimate of drug-likeness (QED) is 0.631. The highest BCUT2D eigenvalue weighted by Crippen LogP contribution is 2.25. The largest absolute Gasteiger partial charge is 0.388 e. The van der Waals surface area contributed by atoms with Crippen LogP contribution in [0.4, 0.5) is 5.69 Å². The van der Waals surface area contributed by atoms with Gasteiger partial charge in [0.05, 0.1) is 10.5 Å². The summed E-state index contributed by atoms with van der Waals surface area (Å²) in [5, 5.41) is 20.7. The fourth-order valence-corrected chi connectivity index (χ4v) is 2.10. The predicted octanol–water partition coefficient (Wildman–Crippen LogP) is 1.19. The van der Waals surface area contributed by atoms with Gasteiger partial charge in [-0.2, -0.15) is 0 Å². The van der Waals surface area contributed by atoms with Crippen LogP contribution in [0, 0.1) is 10.1 Å². The molecule has 1 aliphatic rings. The van der Waals surface area contributed by atoms with Crippen LogP contribution < -0.4 is 0 Å². The first-order chi connectivity index (χ1) is 8.41. The Morgan fingerprint density at radius 2 is 2.17 bits per heavy atom. The minimum atomic E-state index is -0.904. The summed E-state index contributed by atoms with van der Waals surface area (Å²) in [4.78, 5) is 23.9. The van der Waals surface area contributed by atoms with Gasteiger partial charge < -0.3 is 10.0 Å². The Bertz CT molecular complexity index is 499. The number of β-amino-alcohol motifs (C(OH)–C–C–N with tert-alkyl or cyclic N) is 1. The number of carbonyl (C=O) groups excluding carboxylic acids is 1. The van der Waals surface area contributed by atoms with Crippen molar-refractivity contribution in [2.24, 2.45) is 0 Å². The molecule has 1 aromatic rings. The molecule has 1 N–H and O–H groups in total. The number of para-hydroxylation sites is 1. The zero-order valence-corrected chi connectivity index (χ0v) is 10.00. The van der Waals surface area contributed by atoms with Crippen LogP contribution in [-0.2, 0) is 0 Å². The van der Waals surface area contributed by atoms with Gasteiger partial charge in [0.2, 0.25) is 0 Å². The standard InChI is InChI=1S/C12H14N2O4/c1-12(16)6-7-13(8-12)11(15)9-4-2-3-5-10(9)14(17)18/h2-5,16H,6-8H2,1H3. The van der Waals surface area contributed by atoms with Gasteiger partial charge >= 0.3 is 0 Å². The molecular weight excluding hydrogens is 236 g/mol. The van der Waals surface area contributed by atoms with E-state index in [-0.39, 0.29) is 17.8 Å². The number of rotatable bonds is 2. The summed E-state index contributed by atoms with van der Waals surface area (Å²) in [7, 11) is 0. The number of hydrogen-bond donors (Lipinski definition) is 1. The smallest absolute Gasteiger partial charge is 0.282 e. The second-order valence-corrected chi connectivity index (χ2v) is 4.75. The molecule has 0 aliphatic carbocycles. The molecule has 1 aromatic carbocycles. The Morgan fingerprint density at radius 1 is 1.50 bits per heavy atom. The highest BCUT2D eigenvalue weighted by molar-refractivity contribution is 5.98. The van der Waals surface area contributed by atoms with Gasteiger partial charge in [-0.05, 0) is 19.4 Å². The zero-order valence-electron chi connectivity index (χ0n) is 10.00. The maximum absolute atomic E-state index is 12.2. The lowest BCUT2D eigenvalue weighted by molar-refractivity contribution is -0.385. The van der Waals surface area contributed by atoms with Crippen molar-refractivity contribution >= 4 is 11.6 Å². The van der Waals surface area contributed by atoms with Gasteiger partial charge in [0.25, 0.3) is 11.6 Å². The maximum Gasteiger partial charge on any atom is 0.282 e. The number of nitro benzene ring substituents is 1. The lowest BCUT2D eigenvalue weighted by Gasteiger charge is -2.18. The van der Waals surface area contributed by atoms with Crippen LogP contribution in [0.5, 0.6) is 0 Å². The second-order valence-electron chi connectivity index (χ2n) is 4.75. The Morgan fingerprint density at radius 3 is 2.72 bits per heavy atom. The molecule has 0 radical (unpaired) electrons. The topological polar surface area (TPSA) is 83.7 Å². The molecule has 1 unspecified atom stereocenters. The molecule has 0 aromatic heterocycles. The first kappa shape index (κ1) is 12.5. The monoisotopic (exact) mass is 250 g/mol. The van der Waals surface area contributed by atoms with E-state index in [9.17, 15) is 20.0 Å². The van der Waals surface area contributed by atoms with Gasteiger partial charge in [0, 0.05) is 19.2 Å². The van der Waals surface area contributed by atoms with E-state index >= 15 is 0 Å². The highest BCUT2D eigenvalue weighted by Gasteiger charge is 2.36. The predicted molar refractivity (Wildman–Crippen MR) is 64.2 cm³/mol. The molecule has 1 saturated heterocycles. The lowest BCUT2D eigenvalue weighted by Crippen LogP contribution is -2.34. The van der Waals surface area contributed by atoms with Gasteiger partial charge in [-0.25, -0.2) is 0 Å². The van der Waals surface area contributed by atoms with Crippen molar-refractivity contribution in [1.82, 2.24) is 4.90 Å². The van der Waals surface area contributed by atoms with Crippen LogP contribution in [0.1, 0.15) is 23.7 Å². The Balaban J connectivity index is 2.27. The van der Waals surface area contributed by atoms with Crippen LogP contribution in [0.2, 0.25) is 0 Å². The summed E-state index contributed by atoms with van der Waals surface area (Å²) >= 11 is 0. The number of likely N-dealkylation sites (tertiary alicyclic amines) is 1. The van der Waals surface area contributed by atoms with E-state index in [1.165, 1.54) is 23.1 Å². The molecule has 1 aliphatic heterocycles. The average Bonchev–Trinajstić information content (AvgIpc) is 2.68. The Kier molecular flexibility index (Phi) is 3.04.